The molecule has 0 aromatic heterocycles. The maximum absolute atomic E-state index is 11.6. The third kappa shape index (κ3) is 2.35. The summed E-state index contributed by atoms with van der Waals surface area (Å²) in [4.78, 5) is 11.4. The average molecular weight is 250 g/mol. The van der Waals surface area contributed by atoms with Gasteiger partial charge in [-0.05, 0) is 42.3 Å². The molecule has 0 radical (unpaired) electrons. The topological polar surface area (TPSA) is 71.4 Å². The normalized spacial score (nSPS) is 15.8. The first-order chi connectivity index (χ1) is 7.88. The molecule has 17 heavy (non-hydrogen) atoms. The second-order valence-corrected chi connectivity index (χ2v) is 5.23. The van der Waals surface area contributed by atoms with Crippen LogP contribution in [-0.2, 0) is 14.9 Å². The van der Waals surface area contributed by atoms with Crippen molar-refractivity contribution in [3.05, 3.63) is 47.6 Å². The van der Waals surface area contributed by atoms with E-state index in [1.807, 2.05) is 6.92 Å². The average Bonchev–Trinajstić information content (AvgIpc) is 2.57. The molecule has 1 aliphatic carbocycles. The van der Waals surface area contributed by atoms with Gasteiger partial charge in [0, 0.05) is 5.57 Å². The van der Waals surface area contributed by atoms with Gasteiger partial charge in [0.05, 0.1) is 4.90 Å². The Kier molecular flexibility index (Phi) is 2.73. The van der Waals surface area contributed by atoms with Crippen molar-refractivity contribution in [3.63, 3.8) is 0 Å². The van der Waals surface area contributed by atoms with Crippen LogP contribution in [0.5, 0.6) is 0 Å². The van der Waals surface area contributed by atoms with Crippen LogP contribution in [0.1, 0.15) is 12.5 Å². The molecule has 0 aliphatic heterocycles. The maximum Gasteiger partial charge on any atom is 0.294 e. The second kappa shape index (κ2) is 3.94. The summed E-state index contributed by atoms with van der Waals surface area (Å²) in [6, 6.07) is 5.54. The fourth-order valence-electron chi connectivity index (χ4n) is 1.66. The fraction of sp³-hybridized carbons (Fsp3) is 0.0833. The number of hydrogen-bond donors (Lipinski definition) is 1. The Balaban J connectivity index is 2.39. The molecule has 1 aromatic carbocycles. The van der Waals surface area contributed by atoms with Crippen LogP contribution in [0.25, 0.3) is 5.57 Å². The van der Waals surface area contributed by atoms with Gasteiger partial charge in [0.2, 0.25) is 0 Å². The number of allylic oxidation sites excluding steroid dienone is 4. The van der Waals surface area contributed by atoms with E-state index in [1.54, 1.807) is 6.08 Å². The molecular formula is C12H10O4S. The summed E-state index contributed by atoms with van der Waals surface area (Å²) in [6.45, 7) is 1.82. The molecule has 0 atom stereocenters. The van der Waals surface area contributed by atoms with E-state index in [9.17, 15) is 13.2 Å². The molecular weight excluding hydrogens is 240 g/mol. The highest BCUT2D eigenvalue weighted by atomic mass is 32.2. The zero-order chi connectivity index (χ0) is 12.6. The van der Waals surface area contributed by atoms with Gasteiger partial charge in [0.1, 0.15) is 0 Å². The number of benzene rings is 1. The summed E-state index contributed by atoms with van der Waals surface area (Å²) in [5, 5.41) is 0. The van der Waals surface area contributed by atoms with Crippen molar-refractivity contribution in [1.82, 2.24) is 0 Å². The maximum atomic E-state index is 11.6. The third-order valence-electron chi connectivity index (χ3n) is 2.46. The van der Waals surface area contributed by atoms with Crippen LogP contribution in [0.4, 0.5) is 0 Å². The number of ketones is 1. The van der Waals surface area contributed by atoms with Gasteiger partial charge >= 0.3 is 0 Å². The Bertz CT molecular complexity index is 634. The van der Waals surface area contributed by atoms with Gasteiger partial charge in [-0.15, -0.1) is 0 Å². The molecule has 0 fully saturated rings. The Morgan fingerprint density at radius 1 is 1.06 bits per heavy atom. The van der Waals surface area contributed by atoms with Gasteiger partial charge in [0.15, 0.2) is 5.78 Å². The molecule has 88 valence electrons. The first kappa shape index (κ1) is 11.8. The lowest BCUT2D eigenvalue weighted by Crippen LogP contribution is -1.99. The van der Waals surface area contributed by atoms with Crippen LogP contribution in [0, 0.1) is 0 Å². The van der Waals surface area contributed by atoms with Crippen LogP contribution in [0.3, 0.4) is 0 Å². The quantitative estimate of drug-likeness (QED) is 0.813. The molecule has 5 heteroatoms. The summed E-state index contributed by atoms with van der Waals surface area (Å²) in [7, 11) is -4.18. The van der Waals surface area contributed by atoms with Crippen molar-refractivity contribution in [1.29, 1.82) is 0 Å². The minimum absolute atomic E-state index is 0.0953. The van der Waals surface area contributed by atoms with Crippen molar-refractivity contribution < 1.29 is 17.8 Å². The molecule has 4 nitrogen and oxygen atoms in total. The molecule has 0 saturated carbocycles. The van der Waals surface area contributed by atoms with Gasteiger partial charge in [-0.3, -0.25) is 9.35 Å². The van der Waals surface area contributed by atoms with Crippen LogP contribution >= 0.6 is 0 Å². The summed E-state index contributed by atoms with van der Waals surface area (Å²) < 4.78 is 30.5. The zero-order valence-electron chi connectivity index (χ0n) is 9.04. The van der Waals surface area contributed by atoms with Crippen molar-refractivity contribution in [2.45, 2.75) is 11.8 Å². The van der Waals surface area contributed by atoms with Crippen molar-refractivity contribution in [3.8, 4) is 0 Å². The molecule has 0 bridgehead atoms. The standard InChI is InChI=1S/C12H10O4S/c1-8-6-11(12(13)7-8)9-2-4-10(5-3-9)17(14,15)16/h2-7H,1H3,(H,14,15,16). The van der Waals surface area contributed by atoms with E-state index in [0.29, 0.717) is 11.1 Å². The molecule has 0 heterocycles. The van der Waals surface area contributed by atoms with Crippen LogP contribution in [-0.4, -0.2) is 18.8 Å². The summed E-state index contributed by atoms with van der Waals surface area (Å²) in [5.41, 5.74) is 2.03. The Morgan fingerprint density at radius 2 is 1.65 bits per heavy atom. The first-order valence-electron chi connectivity index (χ1n) is 4.90. The number of rotatable bonds is 2. The fourth-order valence-corrected chi connectivity index (χ4v) is 2.14. The van der Waals surface area contributed by atoms with Gasteiger partial charge in [0.25, 0.3) is 10.1 Å². The van der Waals surface area contributed by atoms with Gasteiger partial charge in [-0.2, -0.15) is 8.42 Å². The monoisotopic (exact) mass is 250 g/mol. The van der Waals surface area contributed by atoms with Crippen molar-refractivity contribution in [2.24, 2.45) is 0 Å². The Morgan fingerprint density at radius 3 is 2.06 bits per heavy atom. The predicted molar refractivity (Wildman–Crippen MR) is 63.0 cm³/mol. The lowest BCUT2D eigenvalue weighted by atomic mass is 10.0. The number of carbonyl (C=O) groups is 1. The van der Waals surface area contributed by atoms with E-state index in [2.05, 4.69) is 0 Å². The van der Waals surface area contributed by atoms with Crippen molar-refractivity contribution >= 4 is 21.5 Å². The predicted octanol–water partition coefficient (Wildman–Crippen LogP) is 1.85. The molecule has 1 N–H and O–H groups in total. The molecule has 1 aliphatic rings. The summed E-state index contributed by atoms with van der Waals surface area (Å²) in [6.07, 6.45) is 3.26. The van der Waals surface area contributed by atoms with E-state index in [0.717, 1.165) is 5.57 Å². The third-order valence-corrected chi connectivity index (χ3v) is 3.33. The van der Waals surface area contributed by atoms with E-state index < -0.39 is 10.1 Å². The highest BCUT2D eigenvalue weighted by Gasteiger charge is 2.16. The lowest BCUT2D eigenvalue weighted by Gasteiger charge is -2.02. The minimum atomic E-state index is -4.18. The first-order valence-corrected chi connectivity index (χ1v) is 6.34. The minimum Gasteiger partial charge on any atom is -0.289 e. The molecule has 2 rings (SSSR count). The molecule has 0 amide bonds. The van der Waals surface area contributed by atoms with E-state index in [1.165, 1.54) is 30.3 Å². The number of carbonyl (C=O) groups excluding carboxylic acids is 1. The van der Waals surface area contributed by atoms with Crippen LogP contribution in [0.15, 0.2) is 46.9 Å². The summed E-state index contributed by atoms with van der Waals surface area (Å²) >= 11 is 0. The van der Waals surface area contributed by atoms with Gasteiger partial charge < -0.3 is 0 Å². The second-order valence-electron chi connectivity index (χ2n) is 3.81. The van der Waals surface area contributed by atoms with E-state index >= 15 is 0 Å². The summed E-state index contributed by atoms with van der Waals surface area (Å²) in [5.74, 6) is -0.0953. The SMILES string of the molecule is CC1=CC(=O)C(c2ccc(S(=O)(=O)O)cc2)=C1. The molecule has 0 saturated heterocycles. The lowest BCUT2D eigenvalue weighted by molar-refractivity contribution is -0.109. The zero-order valence-corrected chi connectivity index (χ0v) is 9.86. The highest BCUT2D eigenvalue weighted by Crippen LogP contribution is 2.24. The molecule has 0 spiro atoms. The van der Waals surface area contributed by atoms with Crippen LogP contribution < -0.4 is 0 Å². The van der Waals surface area contributed by atoms with E-state index in [4.69, 9.17) is 4.55 Å². The smallest absolute Gasteiger partial charge is 0.289 e. The molecule has 0 unspecified atom stereocenters. The van der Waals surface area contributed by atoms with Crippen LogP contribution in [0.2, 0.25) is 0 Å². The number of hydrogen-bond acceptors (Lipinski definition) is 3. The largest absolute Gasteiger partial charge is 0.294 e. The Labute approximate surface area is 99.0 Å². The van der Waals surface area contributed by atoms with Gasteiger partial charge in [-0.1, -0.05) is 12.1 Å². The Hall–Kier alpha value is -1.72. The van der Waals surface area contributed by atoms with Gasteiger partial charge in [-0.25, -0.2) is 0 Å². The highest BCUT2D eigenvalue weighted by molar-refractivity contribution is 7.85. The molecule has 1 aromatic rings. The van der Waals surface area contributed by atoms with Crippen molar-refractivity contribution in [2.75, 3.05) is 0 Å². The van der Waals surface area contributed by atoms with E-state index in [-0.39, 0.29) is 10.7 Å².